The summed E-state index contributed by atoms with van der Waals surface area (Å²) in [5.74, 6) is 0.271. The number of rotatable bonds is 7. The van der Waals surface area contributed by atoms with Crippen LogP contribution >= 0.6 is 0 Å². The van der Waals surface area contributed by atoms with Gasteiger partial charge in [-0.3, -0.25) is 9.78 Å². The van der Waals surface area contributed by atoms with Crippen molar-refractivity contribution in [3.63, 3.8) is 0 Å². The van der Waals surface area contributed by atoms with Crippen molar-refractivity contribution in [3.05, 3.63) is 59.7 Å². The third-order valence-corrected chi connectivity index (χ3v) is 4.54. The molecule has 1 aromatic carbocycles. The minimum Gasteiger partial charge on any atom is -0.326 e. The quantitative estimate of drug-likeness (QED) is 0.771. The first kappa shape index (κ1) is 15.6. The van der Waals surface area contributed by atoms with E-state index in [1.807, 2.05) is 12.1 Å². The van der Waals surface area contributed by atoms with Crippen LogP contribution in [0.15, 0.2) is 42.7 Å². The number of pyridine rings is 1. The number of nitrogens with zero attached hydrogens (tertiary/aromatic N) is 1. The Morgan fingerprint density at radius 1 is 1.26 bits per heavy atom. The van der Waals surface area contributed by atoms with Gasteiger partial charge in [0.2, 0.25) is 6.41 Å². The maximum Gasteiger partial charge on any atom is 0.211 e. The Kier molecular flexibility index (Phi) is 4.39. The topological polar surface area (TPSA) is 68.0 Å². The van der Waals surface area contributed by atoms with Crippen molar-refractivity contribution in [1.29, 1.82) is 0 Å². The van der Waals surface area contributed by atoms with Gasteiger partial charge in [-0.05, 0) is 54.2 Å². The van der Waals surface area contributed by atoms with Crippen LogP contribution in [0.3, 0.4) is 0 Å². The van der Waals surface area contributed by atoms with Gasteiger partial charge in [-0.2, -0.15) is 0 Å². The van der Waals surface area contributed by atoms with Gasteiger partial charge in [0.25, 0.3) is 0 Å². The highest BCUT2D eigenvalue weighted by Crippen LogP contribution is 2.40. The maximum absolute atomic E-state index is 13.8. The maximum atomic E-state index is 13.8. The fraction of sp³-hybridized carbons (Fsp3) is 0.333. The lowest BCUT2D eigenvalue weighted by Gasteiger charge is -2.31. The number of hydrogen-bond donors (Lipinski definition) is 2. The third kappa shape index (κ3) is 3.40. The van der Waals surface area contributed by atoms with E-state index in [0.717, 1.165) is 29.9 Å². The second-order valence-corrected chi connectivity index (χ2v) is 6.15. The lowest BCUT2D eigenvalue weighted by molar-refractivity contribution is -0.105. The van der Waals surface area contributed by atoms with E-state index < -0.39 is 11.4 Å². The minimum atomic E-state index is -0.724. The van der Waals surface area contributed by atoms with Crippen LogP contribution in [0, 0.1) is 11.7 Å². The van der Waals surface area contributed by atoms with Crippen molar-refractivity contribution in [1.82, 2.24) is 4.98 Å². The van der Waals surface area contributed by atoms with Crippen LogP contribution in [-0.4, -0.2) is 11.4 Å². The van der Waals surface area contributed by atoms with Gasteiger partial charge in [-0.1, -0.05) is 18.9 Å². The zero-order valence-electron chi connectivity index (χ0n) is 12.8. The molecule has 5 heteroatoms. The molecule has 0 radical (unpaired) electrons. The Labute approximate surface area is 134 Å². The largest absolute Gasteiger partial charge is 0.326 e. The molecule has 0 bridgehead atoms. The molecule has 2 aromatic rings. The van der Waals surface area contributed by atoms with E-state index in [1.54, 1.807) is 24.5 Å². The van der Waals surface area contributed by atoms with Gasteiger partial charge < -0.3 is 11.1 Å². The molecule has 1 heterocycles. The summed E-state index contributed by atoms with van der Waals surface area (Å²) in [5.41, 5.74) is 7.92. The summed E-state index contributed by atoms with van der Waals surface area (Å²) >= 11 is 0. The third-order valence-electron chi connectivity index (χ3n) is 4.54. The molecule has 120 valence electrons. The molecule has 23 heavy (non-hydrogen) atoms. The van der Waals surface area contributed by atoms with Crippen LogP contribution < -0.4 is 11.1 Å². The molecule has 3 N–H and O–H groups in total. The van der Waals surface area contributed by atoms with Gasteiger partial charge >= 0.3 is 0 Å². The smallest absolute Gasteiger partial charge is 0.211 e. The number of halogens is 1. The number of hydrogen-bond acceptors (Lipinski definition) is 3. The SMILES string of the molecule is NC(CCC1CC1)(c1ccncc1)c1ccc(F)c(NC=O)c1. The van der Waals surface area contributed by atoms with E-state index in [-0.39, 0.29) is 5.69 Å². The summed E-state index contributed by atoms with van der Waals surface area (Å²) in [5, 5.41) is 2.39. The summed E-state index contributed by atoms with van der Waals surface area (Å²) in [6, 6.07) is 8.45. The highest BCUT2D eigenvalue weighted by atomic mass is 19.1. The highest BCUT2D eigenvalue weighted by molar-refractivity contribution is 5.72. The van der Waals surface area contributed by atoms with Gasteiger partial charge in [0.15, 0.2) is 0 Å². The molecular formula is C18H20FN3O. The van der Waals surface area contributed by atoms with Crippen LogP contribution in [0.4, 0.5) is 10.1 Å². The van der Waals surface area contributed by atoms with Crippen molar-refractivity contribution in [2.75, 3.05) is 5.32 Å². The molecule has 1 atom stereocenters. The average molecular weight is 313 g/mol. The number of benzene rings is 1. The predicted molar refractivity (Wildman–Crippen MR) is 87.2 cm³/mol. The van der Waals surface area contributed by atoms with E-state index >= 15 is 0 Å². The van der Waals surface area contributed by atoms with Gasteiger partial charge in [0.1, 0.15) is 5.82 Å². The Morgan fingerprint density at radius 2 is 2.00 bits per heavy atom. The first-order valence-electron chi connectivity index (χ1n) is 7.83. The van der Waals surface area contributed by atoms with E-state index in [0.29, 0.717) is 6.41 Å². The molecule has 1 aromatic heterocycles. The molecule has 0 saturated heterocycles. The number of nitrogens with one attached hydrogen (secondary N) is 1. The summed E-state index contributed by atoms with van der Waals surface area (Å²) in [6.45, 7) is 0. The minimum absolute atomic E-state index is 0.146. The fourth-order valence-corrected chi connectivity index (χ4v) is 2.92. The molecule has 1 unspecified atom stereocenters. The molecule has 0 spiro atoms. The average Bonchev–Trinajstić information content (AvgIpc) is 3.40. The Morgan fingerprint density at radius 3 is 2.65 bits per heavy atom. The van der Waals surface area contributed by atoms with Crippen molar-refractivity contribution in [3.8, 4) is 0 Å². The van der Waals surface area contributed by atoms with Gasteiger partial charge in [-0.25, -0.2) is 4.39 Å². The van der Waals surface area contributed by atoms with Crippen molar-refractivity contribution in [2.45, 2.75) is 31.2 Å². The number of aromatic nitrogens is 1. The molecule has 0 aliphatic heterocycles. The zero-order valence-corrected chi connectivity index (χ0v) is 12.8. The first-order valence-corrected chi connectivity index (χ1v) is 7.83. The zero-order chi connectivity index (χ0) is 16.3. The van der Waals surface area contributed by atoms with E-state index in [1.165, 1.54) is 18.9 Å². The highest BCUT2D eigenvalue weighted by Gasteiger charge is 2.33. The lowest BCUT2D eigenvalue weighted by Crippen LogP contribution is -2.38. The molecule has 1 fully saturated rings. The summed E-state index contributed by atoms with van der Waals surface area (Å²) in [6.07, 6.45) is 8.21. The number of carbonyl (C=O) groups excluding carboxylic acids is 1. The van der Waals surface area contributed by atoms with Crippen molar-refractivity contribution in [2.24, 2.45) is 11.7 Å². The summed E-state index contributed by atoms with van der Waals surface area (Å²) < 4.78 is 13.8. The van der Waals surface area contributed by atoms with Crippen molar-refractivity contribution < 1.29 is 9.18 Å². The molecule has 1 aliphatic rings. The summed E-state index contributed by atoms with van der Waals surface area (Å²) in [4.78, 5) is 14.7. The second-order valence-electron chi connectivity index (χ2n) is 6.15. The van der Waals surface area contributed by atoms with E-state index in [9.17, 15) is 9.18 Å². The van der Waals surface area contributed by atoms with Gasteiger partial charge in [0, 0.05) is 12.4 Å². The molecule has 1 amide bonds. The number of anilines is 1. The summed E-state index contributed by atoms with van der Waals surface area (Å²) in [7, 11) is 0. The number of nitrogens with two attached hydrogens (primary N) is 1. The van der Waals surface area contributed by atoms with Crippen LogP contribution in [0.1, 0.15) is 36.8 Å². The molecule has 1 saturated carbocycles. The van der Waals surface area contributed by atoms with Crippen LogP contribution in [-0.2, 0) is 10.3 Å². The monoisotopic (exact) mass is 313 g/mol. The van der Waals surface area contributed by atoms with Gasteiger partial charge in [0.05, 0.1) is 11.2 Å². The normalized spacial score (nSPS) is 16.6. The Balaban J connectivity index is 2.00. The second kappa shape index (κ2) is 6.46. The fourth-order valence-electron chi connectivity index (χ4n) is 2.92. The van der Waals surface area contributed by atoms with E-state index in [2.05, 4.69) is 10.3 Å². The predicted octanol–water partition coefficient (Wildman–Crippen LogP) is 3.18. The Hall–Kier alpha value is -2.27. The van der Waals surface area contributed by atoms with Crippen LogP contribution in [0.25, 0.3) is 0 Å². The number of carbonyl (C=O) groups is 1. The van der Waals surface area contributed by atoms with E-state index in [4.69, 9.17) is 5.73 Å². The molecular weight excluding hydrogens is 293 g/mol. The molecule has 3 rings (SSSR count). The molecule has 1 aliphatic carbocycles. The standard InChI is InChI=1S/C18H20FN3O/c19-16-4-3-15(11-17(16)22-12-23)18(20,8-5-13-1-2-13)14-6-9-21-10-7-14/h3-4,6-7,9-13H,1-2,5,8,20H2,(H,22,23). The molecule has 4 nitrogen and oxygen atoms in total. The van der Waals surface area contributed by atoms with Crippen molar-refractivity contribution >= 4 is 12.1 Å². The van der Waals surface area contributed by atoms with Gasteiger partial charge in [-0.15, -0.1) is 0 Å². The number of amides is 1. The lowest BCUT2D eigenvalue weighted by atomic mass is 9.79. The van der Waals surface area contributed by atoms with Crippen LogP contribution in [0.5, 0.6) is 0 Å². The Bertz CT molecular complexity index is 688. The van der Waals surface area contributed by atoms with Crippen LogP contribution in [0.2, 0.25) is 0 Å². The first-order chi connectivity index (χ1) is 11.1.